The van der Waals surface area contributed by atoms with Gasteiger partial charge in [-0.3, -0.25) is 9.97 Å². The molecular weight excluding hydrogens is 232 g/mol. The highest BCUT2D eigenvalue weighted by molar-refractivity contribution is 5.15. The number of rotatable bonds is 0. The van der Waals surface area contributed by atoms with E-state index in [0.29, 0.717) is 0 Å². The maximum absolute atomic E-state index is 4.08. The van der Waals surface area contributed by atoms with Gasteiger partial charge in [0, 0.05) is 23.8 Å². The molecule has 2 heterocycles. The van der Waals surface area contributed by atoms with E-state index in [1.54, 1.807) is 6.20 Å². The van der Waals surface area contributed by atoms with Crippen LogP contribution in [0, 0.1) is 20.8 Å². The van der Waals surface area contributed by atoms with Crippen LogP contribution in [0.4, 0.5) is 0 Å². The van der Waals surface area contributed by atoms with Crippen LogP contribution in [-0.4, -0.2) is 9.97 Å². The summed E-state index contributed by atoms with van der Waals surface area (Å²) in [5.74, 6) is 0. The van der Waals surface area contributed by atoms with E-state index in [1.807, 2.05) is 72.0 Å². The van der Waals surface area contributed by atoms with Crippen molar-refractivity contribution in [1.82, 2.24) is 9.97 Å². The Hall–Kier alpha value is -1.70. The molecule has 0 aliphatic carbocycles. The zero-order valence-corrected chi connectivity index (χ0v) is 13.4. The van der Waals surface area contributed by atoms with Gasteiger partial charge in [-0.05, 0) is 44.5 Å². The molecule has 0 bridgehead atoms. The summed E-state index contributed by atoms with van der Waals surface area (Å²) in [4.78, 5) is 8.06. The number of hydrogen-bond donors (Lipinski definition) is 0. The maximum Gasteiger partial charge on any atom is 0.0401 e. The molecule has 0 aliphatic rings. The van der Waals surface area contributed by atoms with Crippen molar-refractivity contribution >= 4 is 0 Å². The third-order valence-corrected chi connectivity index (χ3v) is 2.08. The molecule has 0 aliphatic heterocycles. The molecule has 2 rings (SSSR count). The van der Waals surface area contributed by atoms with Crippen LogP contribution in [0.25, 0.3) is 0 Å². The Kier molecular flexibility index (Phi) is 14.8. The first-order valence-corrected chi connectivity index (χ1v) is 6.96. The van der Waals surface area contributed by atoms with Crippen LogP contribution in [0.5, 0.6) is 0 Å². The van der Waals surface area contributed by atoms with Crippen molar-refractivity contribution < 1.29 is 0 Å². The average Bonchev–Trinajstić information content (AvgIpc) is 2.48. The Bertz CT molecular complexity index is 376. The Morgan fingerprint density at radius 3 is 1.53 bits per heavy atom. The molecule has 0 spiro atoms. The molecule has 0 radical (unpaired) electrons. The summed E-state index contributed by atoms with van der Waals surface area (Å²) >= 11 is 0. The Labute approximate surface area is 118 Å². The first-order chi connectivity index (χ1) is 9.20. The van der Waals surface area contributed by atoms with Crippen molar-refractivity contribution in [3.05, 3.63) is 59.7 Å². The van der Waals surface area contributed by atoms with Crippen molar-refractivity contribution in [3.63, 3.8) is 0 Å². The van der Waals surface area contributed by atoms with Crippen molar-refractivity contribution in [3.8, 4) is 0 Å². The van der Waals surface area contributed by atoms with Crippen LogP contribution in [0.3, 0.4) is 0 Å². The Balaban J connectivity index is 0. The highest BCUT2D eigenvalue weighted by Gasteiger charge is 1.85. The molecule has 2 aromatic heterocycles. The molecule has 0 saturated heterocycles. The molecule has 0 amide bonds. The molecule has 2 heteroatoms. The van der Waals surface area contributed by atoms with Gasteiger partial charge < -0.3 is 0 Å². The molecule has 0 N–H and O–H groups in total. The van der Waals surface area contributed by atoms with Crippen LogP contribution in [-0.2, 0) is 0 Å². The number of pyridine rings is 2. The summed E-state index contributed by atoms with van der Waals surface area (Å²) in [6, 6.07) is 9.86. The molecule has 0 unspecified atom stereocenters. The third kappa shape index (κ3) is 11.1. The van der Waals surface area contributed by atoms with Crippen LogP contribution in [0.15, 0.2) is 42.7 Å². The molecule has 2 aromatic rings. The summed E-state index contributed by atoms with van der Waals surface area (Å²) in [5, 5.41) is 0. The van der Waals surface area contributed by atoms with Gasteiger partial charge in [0.2, 0.25) is 0 Å². The summed E-state index contributed by atoms with van der Waals surface area (Å²) in [6.07, 6.45) is 3.59. The lowest BCUT2D eigenvalue weighted by molar-refractivity contribution is 1.15. The third-order valence-electron chi connectivity index (χ3n) is 2.08. The van der Waals surface area contributed by atoms with Gasteiger partial charge in [-0.15, -0.1) is 0 Å². The highest BCUT2D eigenvalue weighted by atomic mass is 14.7. The summed E-state index contributed by atoms with van der Waals surface area (Å²) < 4.78 is 0. The van der Waals surface area contributed by atoms with Gasteiger partial charge in [0.15, 0.2) is 0 Å². The Morgan fingerprint density at radius 1 is 0.684 bits per heavy atom. The van der Waals surface area contributed by atoms with Crippen molar-refractivity contribution in [2.75, 3.05) is 0 Å². The topological polar surface area (TPSA) is 25.8 Å². The minimum absolute atomic E-state index is 1.07. The standard InChI is InChI=1S/C7H9N.C6H7N.2C2H6/c1-6-4-3-5-8-7(6)2;1-6-4-2-3-5-7-6;2*1-2/h3-5H,1-2H3;2-5H,1H3;2*1-2H3. The summed E-state index contributed by atoms with van der Waals surface area (Å²) in [7, 11) is 0. The van der Waals surface area contributed by atoms with Gasteiger partial charge in [-0.2, -0.15) is 0 Å². The van der Waals surface area contributed by atoms with Gasteiger partial charge in [-0.1, -0.05) is 39.8 Å². The smallest absolute Gasteiger partial charge is 0.0401 e. The average molecular weight is 260 g/mol. The fourth-order valence-corrected chi connectivity index (χ4v) is 1.01. The maximum atomic E-state index is 4.08. The lowest BCUT2D eigenvalue weighted by atomic mass is 10.2. The monoisotopic (exact) mass is 260 g/mol. The van der Waals surface area contributed by atoms with E-state index >= 15 is 0 Å². The predicted molar refractivity (Wildman–Crippen MR) is 85.4 cm³/mol. The van der Waals surface area contributed by atoms with Crippen LogP contribution in [0.2, 0.25) is 0 Å². The Morgan fingerprint density at radius 2 is 1.26 bits per heavy atom. The van der Waals surface area contributed by atoms with Crippen LogP contribution >= 0.6 is 0 Å². The van der Waals surface area contributed by atoms with E-state index in [0.717, 1.165) is 11.4 Å². The molecule has 0 atom stereocenters. The van der Waals surface area contributed by atoms with Crippen molar-refractivity contribution in [2.45, 2.75) is 48.5 Å². The van der Waals surface area contributed by atoms with Gasteiger partial charge in [0.25, 0.3) is 0 Å². The van der Waals surface area contributed by atoms with Crippen LogP contribution in [0.1, 0.15) is 44.6 Å². The van der Waals surface area contributed by atoms with Crippen molar-refractivity contribution in [1.29, 1.82) is 0 Å². The molecule has 0 aromatic carbocycles. The fourth-order valence-electron chi connectivity index (χ4n) is 1.01. The zero-order valence-electron chi connectivity index (χ0n) is 13.4. The van der Waals surface area contributed by atoms with Gasteiger partial charge in [-0.25, -0.2) is 0 Å². The largest absolute Gasteiger partial charge is 0.262 e. The molecule has 106 valence electrons. The van der Waals surface area contributed by atoms with E-state index in [1.165, 1.54) is 5.56 Å². The predicted octanol–water partition coefficient (Wildman–Crippen LogP) is 5.14. The van der Waals surface area contributed by atoms with E-state index in [9.17, 15) is 0 Å². The van der Waals surface area contributed by atoms with E-state index < -0.39 is 0 Å². The number of aromatic nitrogens is 2. The highest BCUT2D eigenvalue weighted by Crippen LogP contribution is 1.98. The number of hydrogen-bond acceptors (Lipinski definition) is 2. The number of aryl methyl sites for hydroxylation is 3. The quantitative estimate of drug-likeness (QED) is 0.655. The molecule has 19 heavy (non-hydrogen) atoms. The lowest BCUT2D eigenvalue weighted by Gasteiger charge is -1.92. The number of nitrogens with zero attached hydrogens (tertiary/aromatic N) is 2. The minimum Gasteiger partial charge on any atom is -0.262 e. The molecule has 0 fully saturated rings. The van der Waals surface area contributed by atoms with Crippen LogP contribution < -0.4 is 0 Å². The molecule has 0 saturated carbocycles. The summed E-state index contributed by atoms with van der Waals surface area (Å²) in [5.41, 5.74) is 3.45. The van der Waals surface area contributed by atoms with Gasteiger partial charge in [0.05, 0.1) is 0 Å². The normalized spacial score (nSPS) is 7.74. The van der Waals surface area contributed by atoms with E-state index in [2.05, 4.69) is 23.0 Å². The SMILES string of the molecule is CC.CC.Cc1ccccn1.Cc1cccnc1C. The minimum atomic E-state index is 1.07. The fraction of sp³-hybridized carbons (Fsp3) is 0.412. The summed E-state index contributed by atoms with van der Waals surface area (Å²) in [6.45, 7) is 14.0. The lowest BCUT2D eigenvalue weighted by Crippen LogP contribution is -1.81. The first kappa shape index (κ1) is 19.6. The second-order valence-electron chi connectivity index (χ2n) is 3.38. The van der Waals surface area contributed by atoms with Crippen molar-refractivity contribution in [2.24, 2.45) is 0 Å². The van der Waals surface area contributed by atoms with Gasteiger partial charge >= 0.3 is 0 Å². The second-order valence-corrected chi connectivity index (χ2v) is 3.38. The molecule has 2 nitrogen and oxygen atoms in total. The molecular formula is C17H28N2. The van der Waals surface area contributed by atoms with E-state index in [4.69, 9.17) is 0 Å². The van der Waals surface area contributed by atoms with Gasteiger partial charge in [0.1, 0.15) is 0 Å². The van der Waals surface area contributed by atoms with E-state index in [-0.39, 0.29) is 0 Å². The second kappa shape index (κ2) is 14.4. The zero-order chi connectivity index (χ0) is 15.1. The first-order valence-electron chi connectivity index (χ1n) is 6.96.